The Hall–Kier alpha value is -2.04. The molecule has 1 aromatic carbocycles. The fourth-order valence-electron chi connectivity index (χ4n) is 4.44. The lowest BCUT2D eigenvalue weighted by Crippen LogP contribution is -2.25. The van der Waals surface area contributed by atoms with Crippen LogP contribution in [0.15, 0.2) is 24.3 Å². The Balaban J connectivity index is 2.00. The van der Waals surface area contributed by atoms with Gasteiger partial charge >= 0.3 is 5.97 Å². The van der Waals surface area contributed by atoms with Crippen LogP contribution in [0, 0.1) is 5.92 Å². The third-order valence-corrected chi connectivity index (χ3v) is 6.67. The summed E-state index contributed by atoms with van der Waals surface area (Å²) in [6.07, 6.45) is 21.1. The van der Waals surface area contributed by atoms with Gasteiger partial charge in [0.25, 0.3) is 5.91 Å². The first kappa shape index (κ1) is 32.0. The van der Waals surface area contributed by atoms with E-state index in [2.05, 4.69) is 19.2 Å². The van der Waals surface area contributed by atoms with Crippen LogP contribution in [0.4, 0.5) is 0 Å². The van der Waals surface area contributed by atoms with E-state index < -0.39 is 5.97 Å². The molecule has 0 saturated heterocycles. The zero-order chi connectivity index (χ0) is 26.3. The number of amides is 1. The highest BCUT2D eigenvalue weighted by Gasteiger charge is 2.11. The highest BCUT2D eigenvalue weighted by Crippen LogP contribution is 2.19. The molecule has 0 aliphatic heterocycles. The SMILES string of the molecule is CC(C)CCCCCCCCCCCCCCCOc1ccccc1C(=O)NCCCCCC(=O)O. The average molecular weight is 504 g/mol. The maximum absolute atomic E-state index is 12.5. The van der Waals surface area contributed by atoms with Gasteiger partial charge in [0.2, 0.25) is 0 Å². The number of rotatable bonds is 24. The summed E-state index contributed by atoms with van der Waals surface area (Å²) in [6, 6.07) is 7.39. The summed E-state index contributed by atoms with van der Waals surface area (Å²) in [4.78, 5) is 23.0. The Morgan fingerprint density at radius 2 is 1.28 bits per heavy atom. The van der Waals surface area contributed by atoms with Crippen molar-refractivity contribution < 1.29 is 19.4 Å². The van der Waals surface area contributed by atoms with Crippen molar-refractivity contribution in [3.63, 3.8) is 0 Å². The van der Waals surface area contributed by atoms with E-state index in [-0.39, 0.29) is 12.3 Å². The Bertz CT molecular complexity index is 689. The summed E-state index contributed by atoms with van der Waals surface area (Å²) >= 11 is 0. The number of hydrogen-bond donors (Lipinski definition) is 2. The van der Waals surface area contributed by atoms with Crippen molar-refractivity contribution in [1.29, 1.82) is 0 Å². The molecule has 1 rings (SSSR count). The van der Waals surface area contributed by atoms with E-state index in [1.54, 1.807) is 6.07 Å². The van der Waals surface area contributed by atoms with Gasteiger partial charge in [0.05, 0.1) is 12.2 Å². The summed E-state index contributed by atoms with van der Waals surface area (Å²) in [5.74, 6) is 0.596. The van der Waals surface area contributed by atoms with Crippen LogP contribution in [0.5, 0.6) is 5.75 Å². The standard InChI is InChI=1S/C31H53NO4/c1-27(2)21-15-12-10-8-6-4-3-5-7-9-11-13-20-26-36-29-23-18-17-22-28(29)31(35)32-25-19-14-16-24-30(33)34/h17-18,22-23,27H,3-16,19-21,24-26H2,1-2H3,(H,32,35)(H,33,34). The molecule has 1 amide bonds. The minimum absolute atomic E-state index is 0.130. The van der Waals surface area contributed by atoms with Crippen LogP contribution >= 0.6 is 0 Å². The van der Waals surface area contributed by atoms with Gasteiger partial charge in [0, 0.05) is 13.0 Å². The van der Waals surface area contributed by atoms with Gasteiger partial charge in [-0.2, -0.15) is 0 Å². The van der Waals surface area contributed by atoms with Gasteiger partial charge in [-0.05, 0) is 37.3 Å². The van der Waals surface area contributed by atoms with Crippen LogP contribution in [-0.4, -0.2) is 30.1 Å². The van der Waals surface area contributed by atoms with Crippen LogP contribution in [0.1, 0.15) is 140 Å². The summed E-state index contributed by atoms with van der Waals surface area (Å²) in [5, 5.41) is 11.6. The number of nitrogens with one attached hydrogen (secondary N) is 1. The minimum atomic E-state index is -0.769. The van der Waals surface area contributed by atoms with E-state index in [9.17, 15) is 9.59 Å². The first-order valence-electron chi connectivity index (χ1n) is 14.7. The van der Waals surface area contributed by atoms with Crippen LogP contribution in [-0.2, 0) is 4.79 Å². The summed E-state index contributed by atoms with van der Waals surface area (Å²) in [5.41, 5.74) is 0.568. The lowest BCUT2D eigenvalue weighted by atomic mass is 10.0. The third kappa shape index (κ3) is 18.3. The van der Waals surface area contributed by atoms with E-state index >= 15 is 0 Å². The highest BCUT2D eigenvalue weighted by atomic mass is 16.5. The van der Waals surface area contributed by atoms with Crippen LogP contribution in [0.3, 0.4) is 0 Å². The molecule has 5 nitrogen and oxygen atoms in total. The second kappa shape index (κ2) is 22.2. The van der Waals surface area contributed by atoms with E-state index in [1.165, 1.54) is 83.5 Å². The molecule has 0 atom stereocenters. The van der Waals surface area contributed by atoms with Crippen LogP contribution in [0.2, 0.25) is 0 Å². The van der Waals surface area contributed by atoms with E-state index in [1.807, 2.05) is 18.2 Å². The van der Waals surface area contributed by atoms with E-state index in [4.69, 9.17) is 9.84 Å². The number of carboxylic acids is 1. The van der Waals surface area contributed by atoms with Crippen molar-refractivity contribution in [3.05, 3.63) is 29.8 Å². The van der Waals surface area contributed by atoms with Crippen LogP contribution in [0.25, 0.3) is 0 Å². The van der Waals surface area contributed by atoms with Crippen molar-refractivity contribution in [2.24, 2.45) is 5.92 Å². The number of carbonyl (C=O) groups excluding carboxylic acids is 1. The molecular formula is C31H53NO4. The van der Waals surface area contributed by atoms with Gasteiger partial charge in [-0.15, -0.1) is 0 Å². The number of carbonyl (C=O) groups is 2. The largest absolute Gasteiger partial charge is 0.493 e. The number of ether oxygens (including phenoxy) is 1. The molecule has 5 heteroatoms. The smallest absolute Gasteiger partial charge is 0.303 e. The minimum Gasteiger partial charge on any atom is -0.493 e. The van der Waals surface area contributed by atoms with Gasteiger partial charge in [0.15, 0.2) is 0 Å². The zero-order valence-corrected chi connectivity index (χ0v) is 23.2. The molecular weight excluding hydrogens is 450 g/mol. The summed E-state index contributed by atoms with van der Waals surface area (Å²) < 4.78 is 5.92. The van der Waals surface area contributed by atoms with Gasteiger partial charge < -0.3 is 15.2 Å². The molecule has 0 heterocycles. The molecule has 2 N–H and O–H groups in total. The first-order valence-corrected chi connectivity index (χ1v) is 14.7. The lowest BCUT2D eigenvalue weighted by Gasteiger charge is -2.12. The van der Waals surface area contributed by atoms with E-state index in [0.29, 0.717) is 30.9 Å². The summed E-state index contributed by atoms with van der Waals surface area (Å²) in [7, 11) is 0. The average Bonchev–Trinajstić information content (AvgIpc) is 2.85. The van der Waals surface area contributed by atoms with Crippen LogP contribution < -0.4 is 10.1 Å². The van der Waals surface area contributed by atoms with Crippen molar-refractivity contribution in [1.82, 2.24) is 5.32 Å². The van der Waals surface area contributed by atoms with Crippen molar-refractivity contribution in [3.8, 4) is 5.75 Å². The van der Waals surface area contributed by atoms with Crippen molar-refractivity contribution >= 4 is 11.9 Å². The fourth-order valence-corrected chi connectivity index (χ4v) is 4.44. The molecule has 0 aliphatic carbocycles. The predicted molar refractivity (Wildman–Crippen MR) is 150 cm³/mol. The molecule has 36 heavy (non-hydrogen) atoms. The topological polar surface area (TPSA) is 75.6 Å². The van der Waals surface area contributed by atoms with Crippen molar-refractivity contribution in [2.75, 3.05) is 13.2 Å². The maximum Gasteiger partial charge on any atom is 0.303 e. The highest BCUT2D eigenvalue weighted by molar-refractivity contribution is 5.96. The number of hydrogen-bond acceptors (Lipinski definition) is 3. The van der Waals surface area contributed by atoms with Gasteiger partial charge in [-0.1, -0.05) is 116 Å². The Labute approximate surface area is 220 Å². The number of carboxylic acid groups (broad SMARTS) is 1. The number of aliphatic carboxylic acids is 1. The molecule has 0 saturated carbocycles. The molecule has 206 valence electrons. The molecule has 0 radical (unpaired) electrons. The first-order chi connectivity index (χ1) is 17.5. The molecule has 0 bridgehead atoms. The number of unbranched alkanes of at least 4 members (excludes halogenated alkanes) is 14. The van der Waals surface area contributed by atoms with Crippen molar-refractivity contribution in [2.45, 2.75) is 129 Å². The third-order valence-electron chi connectivity index (χ3n) is 6.67. The zero-order valence-electron chi connectivity index (χ0n) is 23.2. The van der Waals surface area contributed by atoms with Gasteiger partial charge in [-0.3, -0.25) is 9.59 Å². The molecule has 0 aliphatic rings. The predicted octanol–water partition coefficient (Wildman–Crippen LogP) is 8.56. The maximum atomic E-state index is 12.5. The monoisotopic (exact) mass is 503 g/mol. The second-order valence-corrected chi connectivity index (χ2v) is 10.6. The Kier molecular flexibility index (Phi) is 19.7. The normalized spacial score (nSPS) is 11.1. The lowest BCUT2D eigenvalue weighted by molar-refractivity contribution is -0.137. The quantitative estimate of drug-likeness (QED) is 0.139. The number of benzene rings is 1. The van der Waals surface area contributed by atoms with E-state index in [0.717, 1.165) is 25.2 Å². The summed E-state index contributed by atoms with van der Waals surface area (Å²) in [6.45, 7) is 5.81. The molecule has 0 spiro atoms. The molecule has 0 aromatic heterocycles. The molecule has 1 aromatic rings. The van der Waals surface area contributed by atoms with Gasteiger partial charge in [0.1, 0.15) is 5.75 Å². The van der Waals surface area contributed by atoms with Gasteiger partial charge in [-0.25, -0.2) is 0 Å². The molecule has 0 unspecified atom stereocenters. The molecule has 0 fully saturated rings. The Morgan fingerprint density at radius 1 is 0.750 bits per heavy atom. The Morgan fingerprint density at radius 3 is 1.86 bits per heavy atom. The second-order valence-electron chi connectivity index (χ2n) is 10.6. The fraction of sp³-hybridized carbons (Fsp3) is 0.742. The number of para-hydroxylation sites is 1.